The van der Waals surface area contributed by atoms with E-state index in [4.69, 9.17) is 5.26 Å². The Morgan fingerprint density at radius 1 is 1.44 bits per heavy atom. The molecule has 1 heterocycles. The molecule has 0 bridgehead atoms. The molecular formula is C8H9F3N4S. The zero-order valence-electron chi connectivity index (χ0n) is 8.51. The summed E-state index contributed by atoms with van der Waals surface area (Å²) in [7, 11) is 0. The highest BCUT2D eigenvalue weighted by atomic mass is 32.1. The summed E-state index contributed by atoms with van der Waals surface area (Å²) in [4.78, 5) is 2.88. The number of hydrogen-bond acceptors (Lipinski definition) is 5. The van der Waals surface area contributed by atoms with Crippen molar-refractivity contribution in [2.75, 3.05) is 5.43 Å². The van der Waals surface area contributed by atoms with Crippen LogP contribution in [0.2, 0.25) is 0 Å². The molecule has 0 atom stereocenters. The molecule has 4 nitrogen and oxygen atoms in total. The van der Waals surface area contributed by atoms with Crippen LogP contribution in [0.4, 0.5) is 18.3 Å². The van der Waals surface area contributed by atoms with Crippen LogP contribution in [0.3, 0.4) is 0 Å². The topological polar surface area (TPSA) is 60.7 Å². The number of hydrogen-bond donors (Lipinski definition) is 2. The lowest BCUT2D eigenvalue weighted by Crippen LogP contribution is -2.28. The van der Waals surface area contributed by atoms with Gasteiger partial charge in [-0.15, -0.1) is 0 Å². The normalized spacial score (nSPS) is 11.6. The van der Waals surface area contributed by atoms with Gasteiger partial charge >= 0.3 is 6.18 Å². The van der Waals surface area contributed by atoms with Crippen molar-refractivity contribution in [2.24, 2.45) is 0 Å². The van der Waals surface area contributed by atoms with Crippen molar-refractivity contribution in [3.8, 4) is 6.07 Å². The minimum atomic E-state index is -4.60. The van der Waals surface area contributed by atoms with Crippen LogP contribution in [-0.2, 0) is 6.18 Å². The molecule has 0 fully saturated rings. The van der Waals surface area contributed by atoms with Gasteiger partial charge in [0.25, 0.3) is 0 Å². The van der Waals surface area contributed by atoms with E-state index in [-0.39, 0.29) is 11.2 Å². The van der Waals surface area contributed by atoms with Crippen LogP contribution >= 0.6 is 11.3 Å². The number of alkyl halides is 3. The van der Waals surface area contributed by atoms with Gasteiger partial charge in [0.05, 0.1) is 0 Å². The Bertz CT molecular complexity index is 404. The Hall–Kier alpha value is -1.33. The number of halogens is 3. The zero-order valence-corrected chi connectivity index (χ0v) is 9.33. The molecule has 1 rings (SSSR count). The van der Waals surface area contributed by atoms with Gasteiger partial charge in [0.2, 0.25) is 0 Å². The predicted octanol–water partition coefficient (Wildman–Crippen LogP) is 2.36. The molecule has 2 N–H and O–H groups in total. The number of anilines is 1. The number of nitriles is 1. The van der Waals surface area contributed by atoms with Crippen molar-refractivity contribution in [2.45, 2.75) is 26.1 Å². The van der Waals surface area contributed by atoms with Gasteiger partial charge in [-0.1, -0.05) is 11.3 Å². The van der Waals surface area contributed by atoms with Gasteiger partial charge in [-0.2, -0.15) is 18.4 Å². The molecule has 8 heteroatoms. The van der Waals surface area contributed by atoms with Gasteiger partial charge in [-0.25, -0.2) is 10.4 Å². The second-order valence-electron chi connectivity index (χ2n) is 3.23. The quantitative estimate of drug-likeness (QED) is 0.808. The molecule has 0 spiro atoms. The maximum Gasteiger partial charge on any atom is 0.435 e. The van der Waals surface area contributed by atoms with Crippen molar-refractivity contribution in [3.63, 3.8) is 0 Å². The van der Waals surface area contributed by atoms with Gasteiger partial charge in [-0.05, 0) is 13.8 Å². The molecule has 0 amide bonds. The highest BCUT2D eigenvalue weighted by Crippen LogP contribution is 2.35. The predicted molar refractivity (Wildman–Crippen MR) is 53.7 cm³/mol. The van der Waals surface area contributed by atoms with E-state index in [0.29, 0.717) is 11.3 Å². The average molecular weight is 250 g/mol. The van der Waals surface area contributed by atoms with Gasteiger partial charge in [0, 0.05) is 6.04 Å². The van der Waals surface area contributed by atoms with Gasteiger partial charge < -0.3 is 0 Å². The highest BCUT2D eigenvalue weighted by Gasteiger charge is 2.37. The Morgan fingerprint density at radius 2 is 2.06 bits per heavy atom. The van der Waals surface area contributed by atoms with E-state index in [0.717, 1.165) is 0 Å². The van der Waals surface area contributed by atoms with E-state index >= 15 is 0 Å². The number of nitrogens with one attached hydrogen (secondary N) is 2. The number of thiazole rings is 1. The fourth-order valence-corrected chi connectivity index (χ4v) is 1.59. The van der Waals surface area contributed by atoms with E-state index in [1.165, 1.54) is 6.07 Å². The Kier molecular flexibility index (Phi) is 3.72. The summed E-state index contributed by atoms with van der Waals surface area (Å²) in [5.74, 6) is 0. The van der Waals surface area contributed by atoms with Crippen molar-refractivity contribution < 1.29 is 13.2 Å². The van der Waals surface area contributed by atoms with Crippen LogP contribution in [-0.4, -0.2) is 11.0 Å². The standard InChI is InChI=1S/C8H9F3N4S/c1-4(2)14-15-7-13-6(8(9,10)11)5(3-12)16-7/h4,14H,1-2H3,(H,13,15). The fraction of sp³-hybridized carbons (Fsp3) is 0.500. The maximum atomic E-state index is 12.4. The van der Waals surface area contributed by atoms with E-state index in [1.54, 1.807) is 0 Å². The second kappa shape index (κ2) is 4.67. The number of nitrogens with zero attached hydrogens (tertiary/aromatic N) is 2. The lowest BCUT2D eigenvalue weighted by molar-refractivity contribution is -0.140. The SMILES string of the molecule is CC(C)NNc1nc(C(F)(F)F)c(C#N)s1. The molecule has 88 valence electrons. The van der Waals surface area contributed by atoms with Crippen LogP contribution in [0, 0.1) is 11.3 Å². The van der Waals surface area contributed by atoms with Gasteiger partial charge in [0.1, 0.15) is 10.9 Å². The average Bonchev–Trinajstić information content (AvgIpc) is 2.57. The summed E-state index contributed by atoms with van der Waals surface area (Å²) in [6.07, 6.45) is -4.60. The molecule has 0 aliphatic heterocycles. The molecule has 16 heavy (non-hydrogen) atoms. The van der Waals surface area contributed by atoms with Crippen LogP contribution in [0.1, 0.15) is 24.4 Å². The molecule has 1 aromatic rings. The lowest BCUT2D eigenvalue weighted by Gasteiger charge is -2.07. The molecule has 0 saturated carbocycles. The number of aromatic nitrogens is 1. The van der Waals surface area contributed by atoms with E-state index < -0.39 is 16.7 Å². The molecule has 1 aromatic heterocycles. The van der Waals surface area contributed by atoms with Crippen molar-refractivity contribution in [3.05, 3.63) is 10.6 Å². The lowest BCUT2D eigenvalue weighted by atomic mass is 10.4. The Labute approximate surface area is 94.1 Å². The Balaban J connectivity index is 2.92. The maximum absolute atomic E-state index is 12.4. The number of rotatable bonds is 3. The second-order valence-corrected chi connectivity index (χ2v) is 4.23. The first kappa shape index (κ1) is 12.7. The molecule has 0 aromatic carbocycles. The monoisotopic (exact) mass is 250 g/mol. The smallest absolute Gasteiger partial charge is 0.297 e. The van der Waals surface area contributed by atoms with Gasteiger partial charge in [0.15, 0.2) is 10.8 Å². The van der Waals surface area contributed by atoms with Crippen LogP contribution < -0.4 is 10.9 Å². The summed E-state index contributed by atoms with van der Waals surface area (Å²) in [6, 6.07) is 1.52. The molecule has 0 aliphatic carbocycles. The first-order valence-electron chi connectivity index (χ1n) is 4.34. The number of hydrazine groups is 1. The van der Waals surface area contributed by atoms with Crippen molar-refractivity contribution in [1.82, 2.24) is 10.4 Å². The fourth-order valence-electron chi connectivity index (χ4n) is 0.848. The summed E-state index contributed by atoms with van der Waals surface area (Å²) in [5.41, 5.74) is 4.07. The largest absolute Gasteiger partial charge is 0.435 e. The molecular weight excluding hydrogens is 241 g/mol. The third-order valence-corrected chi connectivity index (χ3v) is 2.34. The minimum Gasteiger partial charge on any atom is -0.297 e. The molecule has 0 aliphatic rings. The molecule has 0 radical (unpaired) electrons. The van der Waals surface area contributed by atoms with Crippen LogP contribution in [0.15, 0.2) is 0 Å². The van der Waals surface area contributed by atoms with E-state index in [1.807, 2.05) is 13.8 Å². The molecule has 0 saturated heterocycles. The zero-order chi connectivity index (χ0) is 12.3. The van der Waals surface area contributed by atoms with Crippen molar-refractivity contribution in [1.29, 1.82) is 5.26 Å². The van der Waals surface area contributed by atoms with E-state index in [2.05, 4.69) is 15.8 Å². The van der Waals surface area contributed by atoms with Gasteiger partial charge in [-0.3, -0.25) is 5.43 Å². The van der Waals surface area contributed by atoms with Crippen molar-refractivity contribution >= 4 is 16.5 Å². The molecule has 0 unspecified atom stereocenters. The third kappa shape index (κ3) is 3.08. The summed E-state index contributed by atoms with van der Waals surface area (Å²) >= 11 is 0.663. The Morgan fingerprint density at radius 3 is 2.44 bits per heavy atom. The third-order valence-electron chi connectivity index (χ3n) is 1.46. The first-order valence-corrected chi connectivity index (χ1v) is 5.16. The highest BCUT2D eigenvalue weighted by molar-refractivity contribution is 7.16. The van der Waals surface area contributed by atoms with E-state index in [9.17, 15) is 13.2 Å². The first-order chi connectivity index (χ1) is 7.34. The minimum absolute atomic E-state index is 0.0255. The van der Waals surface area contributed by atoms with Crippen LogP contribution in [0.25, 0.3) is 0 Å². The summed E-state index contributed by atoms with van der Waals surface area (Å²) in [6.45, 7) is 3.63. The summed E-state index contributed by atoms with van der Waals surface area (Å²) < 4.78 is 37.2. The summed E-state index contributed by atoms with van der Waals surface area (Å²) in [5, 5.41) is 8.57. The van der Waals surface area contributed by atoms with Crippen LogP contribution in [0.5, 0.6) is 0 Å².